The van der Waals surface area contributed by atoms with E-state index < -0.39 is 0 Å². The van der Waals surface area contributed by atoms with Crippen molar-refractivity contribution in [2.75, 3.05) is 6.54 Å². The Morgan fingerprint density at radius 1 is 1.53 bits per heavy atom. The van der Waals surface area contributed by atoms with Gasteiger partial charge in [-0.15, -0.1) is 0 Å². The molecule has 0 amide bonds. The highest BCUT2D eigenvalue weighted by Crippen LogP contribution is 2.21. The van der Waals surface area contributed by atoms with Gasteiger partial charge in [0.2, 0.25) is 0 Å². The van der Waals surface area contributed by atoms with Crippen LogP contribution in [0, 0.1) is 5.82 Å². The van der Waals surface area contributed by atoms with E-state index in [9.17, 15) is 4.39 Å². The van der Waals surface area contributed by atoms with Crippen LogP contribution < -0.4 is 5.32 Å². The van der Waals surface area contributed by atoms with Gasteiger partial charge in [-0.25, -0.2) is 4.39 Å². The minimum Gasteiger partial charge on any atom is -0.314 e. The van der Waals surface area contributed by atoms with Crippen LogP contribution in [0.1, 0.15) is 37.7 Å². The number of pyridine rings is 1. The largest absolute Gasteiger partial charge is 0.314 e. The molecule has 0 bridgehead atoms. The van der Waals surface area contributed by atoms with Gasteiger partial charge in [-0.2, -0.15) is 0 Å². The van der Waals surface area contributed by atoms with Crippen LogP contribution in [0.25, 0.3) is 0 Å². The predicted octanol–water partition coefficient (Wildman–Crippen LogP) is 2.47. The molecule has 1 aromatic rings. The second-order valence-electron chi connectivity index (χ2n) is 4.35. The minimum absolute atomic E-state index is 0.241. The third-order valence-corrected chi connectivity index (χ3v) is 2.88. The van der Waals surface area contributed by atoms with E-state index in [2.05, 4.69) is 17.2 Å². The molecule has 1 N–H and O–H groups in total. The van der Waals surface area contributed by atoms with E-state index in [4.69, 9.17) is 0 Å². The van der Waals surface area contributed by atoms with Crippen LogP contribution in [-0.2, 0) is 0 Å². The van der Waals surface area contributed by atoms with Crippen molar-refractivity contribution in [3.05, 3.63) is 29.8 Å². The number of aromatic nitrogens is 1. The first kappa shape index (κ1) is 10.6. The van der Waals surface area contributed by atoms with Crippen molar-refractivity contribution in [1.82, 2.24) is 10.3 Å². The molecule has 2 nitrogen and oxygen atoms in total. The molecule has 0 spiro atoms. The van der Waals surface area contributed by atoms with Gasteiger partial charge >= 0.3 is 0 Å². The van der Waals surface area contributed by atoms with E-state index in [0.29, 0.717) is 5.92 Å². The van der Waals surface area contributed by atoms with Crippen LogP contribution >= 0.6 is 0 Å². The van der Waals surface area contributed by atoms with Crippen molar-refractivity contribution >= 4 is 0 Å². The Bertz CT molecular complexity index is 323. The molecular weight excluding hydrogens is 191 g/mol. The summed E-state index contributed by atoms with van der Waals surface area (Å²) in [5, 5.41) is 3.46. The fourth-order valence-electron chi connectivity index (χ4n) is 1.66. The van der Waals surface area contributed by atoms with Gasteiger partial charge in [-0.1, -0.05) is 6.92 Å². The summed E-state index contributed by atoms with van der Waals surface area (Å²) in [6.45, 7) is 3.13. The number of rotatable bonds is 5. The first-order chi connectivity index (χ1) is 7.25. The van der Waals surface area contributed by atoms with Crippen LogP contribution in [0.4, 0.5) is 4.39 Å². The molecule has 1 atom stereocenters. The fourth-order valence-corrected chi connectivity index (χ4v) is 1.66. The molecular formula is C12H17FN2. The maximum absolute atomic E-state index is 12.9. The first-order valence-electron chi connectivity index (χ1n) is 5.59. The van der Waals surface area contributed by atoms with Crippen LogP contribution in [0.15, 0.2) is 18.5 Å². The number of hydrogen-bond donors (Lipinski definition) is 1. The van der Waals surface area contributed by atoms with Crippen molar-refractivity contribution in [3.8, 4) is 0 Å². The molecule has 82 valence electrons. The molecule has 1 saturated carbocycles. The van der Waals surface area contributed by atoms with Crippen molar-refractivity contribution in [1.29, 1.82) is 0 Å². The third kappa shape index (κ3) is 3.27. The van der Waals surface area contributed by atoms with E-state index in [-0.39, 0.29) is 5.82 Å². The predicted molar refractivity (Wildman–Crippen MR) is 58.3 cm³/mol. The monoisotopic (exact) mass is 208 g/mol. The van der Waals surface area contributed by atoms with E-state index in [1.165, 1.54) is 19.0 Å². The summed E-state index contributed by atoms with van der Waals surface area (Å²) in [7, 11) is 0. The number of nitrogens with zero attached hydrogens (tertiary/aromatic N) is 1. The lowest BCUT2D eigenvalue weighted by atomic mass is 10.00. The lowest BCUT2D eigenvalue weighted by Crippen LogP contribution is -2.19. The Balaban J connectivity index is 1.80. The second kappa shape index (κ2) is 4.71. The molecule has 0 aromatic carbocycles. The first-order valence-corrected chi connectivity index (χ1v) is 5.59. The normalized spacial score (nSPS) is 17.7. The topological polar surface area (TPSA) is 24.9 Å². The smallest absolute Gasteiger partial charge is 0.141 e. The zero-order chi connectivity index (χ0) is 10.7. The van der Waals surface area contributed by atoms with Crippen molar-refractivity contribution in [3.63, 3.8) is 0 Å². The highest BCUT2D eigenvalue weighted by atomic mass is 19.1. The third-order valence-electron chi connectivity index (χ3n) is 2.88. The van der Waals surface area contributed by atoms with Gasteiger partial charge in [-0.3, -0.25) is 4.98 Å². The van der Waals surface area contributed by atoms with E-state index in [1.807, 2.05) is 0 Å². The summed E-state index contributed by atoms with van der Waals surface area (Å²) in [5.41, 5.74) is 0.993. The Morgan fingerprint density at radius 3 is 3.00 bits per heavy atom. The molecule has 2 rings (SSSR count). The molecule has 0 saturated heterocycles. The van der Waals surface area contributed by atoms with E-state index >= 15 is 0 Å². The number of nitrogens with one attached hydrogen (secondary N) is 1. The van der Waals surface area contributed by atoms with Crippen LogP contribution in [0.5, 0.6) is 0 Å². The summed E-state index contributed by atoms with van der Waals surface area (Å²) >= 11 is 0. The molecule has 3 heteroatoms. The van der Waals surface area contributed by atoms with Crippen molar-refractivity contribution in [2.45, 2.75) is 38.1 Å². The summed E-state index contributed by atoms with van der Waals surface area (Å²) in [6, 6.07) is 2.33. The van der Waals surface area contributed by atoms with Gasteiger partial charge in [0, 0.05) is 12.2 Å². The molecule has 0 radical (unpaired) electrons. The fraction of sp³-hybridized carbons (Fsp3) is 0.583. The Labute approximate surface area is 89.9 Å². The second-order valence-corrected chi connectivity index (χ2v) is 4.35. The Morgan fingerprint density at radius 2 is 2.33 bits per heavy atom. The van der Waals surface area contributed by atoms with Crippen molar-refractivity contribution < 1.29 is 4.39 Å². The molecule has 1 aliphatic carbocycles. The zero-order valence-corrected chi connectivity index (χ0v) is 9.04. The highest BCUT2D eigenvalue weighted by Gasteiger charge is 2.20. The van der Waals surface area contributed by atoms with Crippen LogP contribution in [0.3, 0.4) is 0 Å². The van der Waals surface area contributed by atoms with E-state index in [1.54, 1.807) is 12.3 Å². The number of hydrogen-bond acceptors (Lipinski definition) is 2. The lowest BCUT2D eigenvalue weighted by molar-refractivity contribution is 0.579. The van der Waals surface area contributed by atoms with Gasteiger partial charge < -0.3 is 5.32 Å². The molecule has 1 heterocycles. The highest BCUT2D eigenvalue weighted by molar-refractivity contribution is 5.14. The van der Waals surface area contributed by atoms with Gasteiger partial charge in [0.15, 0.2) is 0 Å². The summed E-state index contributed by atoms with van der Waals surface area (Å²) < 4.78 is 12.9. The molecule has 1 aromatic heterocycles. The van der Waals surface area contributed by atoms with Gasteiger partial charge in [-0.05, 0) is 43.4 Å². The quantitative estimate of drug-likeness (QED) is 0.804. The summed E-state index contributed by atoms with van der Waals surface area (Å²) in [6.07, 6.45) is 6.68. The zero-order valence-electron chi connectivity index (χ0n) is 9.04. The average molecular weight is 208 g/mol. The van der Waals surface area contributed by atoms with E-state index in [0.717, 1.165) is 24.6 Å². The Kier molecular flexibility index (Phi) is 3.31. The average Bonchev–Trinajstić information content (AvgIpc) is 3.01. The summed E-state index contributed by atoms with van der Waals surface area (Å²) in [4.78, 5) is 3.87. The maximum atomic E-state index is 12.9. The minimum atomic E-state index is -0.241. The standard InChI is InChI=1S/C12H17FN2/c1-9(4-5-15-12-2-3-12)10-6-11(13)8-14-7-10/h6-9,12,15H,2-5H2,1H3. The van der Waals surface area contributed by atoms with Crippen LogP contribution in [-0.4, -0.2) is 17.6 Å². The molecule has 1 unspecified atom stereocenters. The molecule has 0 aliphatic heterocycles. The molecule has 1 fully saturated rings. The molecule has 15 heavy (non-hydrogen) atoms. The van der Waals surface area contributed by atoms with Crippen molar-refractivity contribution in [2.24, 2.45) is 0 Å². The molecule has 1 aliphatic rings. The number of halogens is 1. The SMILES string of the molecule is CC(CCNC1CC1)c1cncc(F)c1. The lowest BCUT2D eigenvalue weighted by Gasteiger charge is -2.11. The van der Waals surface area contributed by atoms with Gasteiger partial charge in [0.25, 0.3) is 0 Å². The summed E-state index contributed by atoms with van der Waals surface area (Å²) in [5.74, 6) is 0.133. The maximum Gasteiger partial charge on any atom is 0.141 e. The Hall–Kier alpha value is -0.960. The van der Waals surface area contributed by atoms with Gasteiger partial charge in [0.05, 0.1) is 6.20 Å². The van der Waals surface area contributed by atoms with Gasteiger partial charge in [0.1, 0.15) is 5.82 Å². The van der Waals surface area contributed by atoms with Crippen LogP contribution in [0.2, 0.25) is 0 Å².